The number of carbonyl (C=O) groups excluding carboxylic acids is 1. The van der Waals surface area contributed by atoms with Gasteiger partial charge in [-0.25, -0.2) is 4.39 Å². The Labute approximate surface area is 131 Å². The minimum absolute atomic E-state index is 0.0338. The van der Waals surface area contributed by atoms with E-state index in [0.29, 0.717) is 12.0 Å². The molecule has 21 heavy (non-hydrogen) atoms. The molecule has 1 unspecified atom stereocenters. The zero-order valence-electron chi connectivity index (χ0n) is 12.0. The summed E-state index contributed by atoms with van der Waals surface area (Å²) in [7, 11) is 0. The molecule has 0 aromatic heterocycles. The summed E-state index contributed by atoms with van der Waals surface area (Å²) in [5.74, 6) is -2.41. The van der Waals surface area contributed by atoms with Gasteiger partial charge in [-0.2, -0.15) is 0 Å². The van der Waals surface area contributed by atoms with Crippen molar-refractivity contribution in [2.45, 2.75) is 33.1 Å². The molecule has 0 aliphatic carbocycles. The number of halogens is 2. The Kier molecular flexibility index (Phi) is 6.33. The molecule has 0 spiro atoms. The number of carboxylic acids is 1. The van der Waals surface area contributed by atoms with E-state index < -0.39 is 23.2 Å². The summed E-state index contributed by atoms with van der Waals surface area (Å²) in [6.07, 6.45) is 0.650. The van der Waals surface area contributed by atoms with Crippen LogP contribution in [0.3, 0.4) is 0 Å². The van der Waals surface area contributed by atoms with Crippen LogP contribution < -0.4 is 0 Å². The first-order chi connectivity index (χ1) is 9.87. The quantitative estimate of drug-likeness (QED) is 0.596. The Bertz CT molecular complexity index is 532. The predicted octanol–water partition coefficient (Wildman–Crippen LogP) is 3.56. The Hall–Kier alpha value is -1.43. The lowest BCUT2D eigenvalue weighted by molar-refractivity contribution is -0.169. The number of rotatable bonds is 7. The third-order valence-corrected chi connectivity index (χ3v) is 3.85. The van der Waals surface area contributed by atoms with Gasteiger partial charge >= 0.3 is 11.9 Å². The summed E-state index contributed by atoms with van der Waals surface area (Å²) in [5, 5.41) is 9.55. The molecule has 1 atom stereocenters. The van der Waals surface area contributed by atoms with Crippen molar-refractivity contribution in [3.63, 3.8) is 0 Å². The predicted molar refractivity (Wildman–Crippen MR) is 79.4 cm³/mol. The number of benzene rings is 1. The number of carboxylic acid groups (broad SMARTS) is 1. The molecule has 6 heteroatoms. The number of hydrogen-bond donors (Lipinski definition) is 1. The summed E-state index contributed by atoms with van der Waals surface area (Å²) in [4.78, 5) is 23.9. The van der Waals surface area contributed by atoms with Gasteiger partial charge in [-0.15, -0.1) is 0 Å². The summed E-state index contributed by atoms with van der Waals surface area (Å²) in [5.41, 5.74) is -1.07. The maximum atomic E-state index is 13.3. The lowest BCUT2D eigenvalue weighted by Gasteiger charge is -2.27. The van der Waals surface area contributed by atoms with Gasteiger partial charge in [0.05, 0.1) is 11.1 Å². The van der Waals surface area contributed by atoms with Crippen LogP contribution in [0.1, 0.15) is 32.3 Å². The molecule has 0 amide bonds. The van der Waals surface area contributed by atoms with E-state index in [1.165, 1.54) is 18.2 Å². The lowest BCUT2D eigenvalue weighted by Crippen LogP contribution is -2.42. The van der Waals surface area contributed by atoms with Crippen molar-refractivity contribution < 1.29 is 23.8 Å². The second-order valence-corrected chi connectivity index (χ2v) is 5.64. The smallest absolute Gasteiger partial charge is 0.323 e. The number of aliphatic carboxylic acids is 1. The zero-order valence-corrected chi connectivity index (χ0v) is 13.6. The van der Waals surface area contributed by atoms with Crippen LogP contribution in [0.4, 0.5) is 4.39 Å². The van der Waals surface area contributed by atoms with Crippen molar-refractivity contribution in [1.29, 1.82) is 0 Å². The van der Waals surface area contributed by atoms with Gasteiger partial charge in [0.2, 0.25) is 0 Å². The molecule has 0 fully saturated rings. The molecule has 0 saturated carbocycles. The van der Waals surface area contributed by atoms with Gasteiger partial charge in [0, 0.05) is 0 Å². The number of esters is 1. The molecule has 0 saturated heterocycles. The van der Waals surface area contributed by atoms with Gasteiger partial charge in [0.25, 0.3) is 0 Å². The maximum absolute atomic E-state index is 13.3. The van der Waals surface area contributed by atoms with E-state index in [9.17, 15) is 19.1 Å². The highest BCUT2D eigenvalue weighted by molar-refractivity contribution is 9.10. The molecule has 116 valence electrons. The van der Waals surface area contributed by atoms with Crippen molar-refractivity contribution in [2.75, 3.05) is 6.61 Å². The van der Waals surface area contributed by atoms with Crippen LogP contribution in [0.15, 0.2) is 22.7 Å². The second-order valence-electron chi connectivity index (χ2n) is 4.78. The Morgan fingerprint density at radius 3 is 2.52 bits per heavy atom. The fraction of sp³-hybridized carbons (Fsp3) is 0.467. The minimum Gasteiger partial charge on any atom is -0.480 e. The van der Waals surface area contributed by atoms with E-state index in [4.69, 9.17) is 4.74 Å². The van der Waals surface area contributed by atoms with E-state index in [1.54, 1.807) is 13.8 Å². The topological polar surface area (TPSA) is 63.6 Å². The van der Waals surface area contributed by atoms with E-state index in [2.05, 4.69) is 15.9 Å². The second kappa shape index (κ2) is 7.54. The summed E-state index contributed by atoms with van der Waals surface area (Å²) >= 11 is 3.06. The molecule has 1 N–H and O–H groups in total. The first-order valence-corrected chi connectivity index (χ1v) is 7.51. The Balaban J connectivity index is 3.19. The first kappa shape index (κ1) is 17.6. The molecule has 4 nitrogen and oxygen atoms in total. The van der Waals surface area contributed by atoms with Gasteiger partial charge in [0.1, 0.15) is 5.82 Å². The average molecular weight is 361 g/mol. The largest absolute Gasteiger partial charge is 0.480 e. The van der Waals surface area contributed by atoms with Crippen LogP contribution in [0, 0.1) is 11.2 Å². The van der Waals surface area contributed by atoms with Crippen LogP contribution in [-0.4, -0.2) is 23.7 Å². The molecule has 0 aliphatic heterocycles. The van der Waals surface area contributed by atoms with Crippen LogP contribution in [0.5, 0.6) is 0 Å². The van der Waals surface area contributed by atoms with Gasteiger partial charge in [0.15, 0.2) is 5.41 Å². The molecule has 0 heterocycles. The molecule has 1 aromatic rings. The molecule has 0 aliphatic rings. The highest BCUT2D eigenvalue weighted by atomic mass is 79.9. The Morgan fingerprint density at radius 2 is 2.05 bits per heavy atom. The fourth-order valence-corrected chi connectivity index (χ4v) is 2.65. The highest BCUT2D eigenvalue weighted by Gasteiger charge is 2.47. The molecule has 1 aromatic carbocycles. The van der Waals surface area contributed by atoms with Gasteiger partial charge in [-0.05, 0) is 53.4 Å². The molecule has 0 bridgehead atoms. The van der Waals surface area contributed by atoms with E-state index >= 15 is 0 Å². The standard InChI is InChI=1S/C15H18BrFO4/c1-3-7-15(13(18)19,14(20)21-4-2)9-10-5-6-12(17)11(16)8-10/h5-6,8H,3-4,7,9H2,1-2H3,(H,18,19). The van der Waals surface area contributed by atoms with Crippen molar-refractivity contribution in [3.8, 4) is 0 Å². The third-order valence-electron chi connectivity index (χ3n) is 3.24. The molecular formula is C15H18BrFO4. The number of carbonyl (C=O) groups is 2. The third kappa shape index (κ3) is 4.03. The highest BCUT2D eigenvalue weighted by Crippen LogP contribution is 2.32. The van der Waals surface area contributed by atoms with Crippen molar-refractivity contribution in [3.05, 3.63) is 34.1 Å². The van der Waals surface area contributed by atoms with Crippen molar-refractivity contribution >= 4 is 27.9 Å². The van der Waals surface area contributed by atoms with E-state index in [-0.39, 0.29) is 23.9 Å². The van der Waals surface area contributed by atoms with Gasteiger partial charge in [-0.1, -0.05) is 19.4 Å². The number of ether oxygens (including phenoxy) is 1. The zero-order chi connectivity index (χ0) is 16.0. The summed E-state index contributed by atoms with van der Waals surface area (Å²) in [6.45, 7) is 3.55. The summed E-state index contributed by atoms with van der Waals surface area (Å²) < 4.78 is 18.4. The van der Waals surface area contributed by atoms with Crippen LogP contribution in [-0.2, 0) is 20.7 Å². The van der Waals surface area contributed by atoms with E-state index in [0.717, 1.165) is 0 Å². The fourth-order valence-electron chi connectivity index (χ4n) is 2.23. The lowest BCUT2D eigenvalue weighted by atomic mass is 9.78. The Morgan fingerprint density at radius 1 is 1.38 bits per heavy atom. The van der Waals surface area contributed by atoms with Gasteiger partial charge in [-0.3, -0.25) is 9.59 Å². The average Bonchev–Trinajstić information content (AvgIpc) is 2.42. The molecular weight excluding hydrogens is 343 g/mol. The first-order valence-electron chi connectivity index (χ1n) is 6.72. The summed E-state index contributed by atoms with van der Waals surface area (Å²) in [6, 6.07) is 4.21. The van der Waals surface area contributed by atoms with Crippen LogP contribution in [0.25, 0.3) is 0 Å². The normalized spacial score (nSPS) is 13.5. The van der Waals surface area contributed by atoms with Crippen molar-refractivity contribution in [2.24, 2.45) is 5.41 Å². The van der Waals surface area contributed by atoms with Crippen LogP contribution in [0.2, 0.25) is 0 Å². The minimum atomic E-state index is -1.64. The van der Waals surface area contributed by atoms with E-state index in [1.807, 2.05) is 0 Å². The molecule has 0 radical (unpaired) electrons. The maximum Gasteiger partial charge on any atom is 0.323 e. The molecule has 1 rings (SSSR count). The van der Waals surface area contributed by atoms with Crippen LogP contribution >= 0.6 is 15.9 Å². The SMILES string of the molecule is CCCC(Cc1ccc(F)c(Br)c1)(C(=O)O)C(=O)OCC. The van der Waals surface area contributed by atoms with Crippen molar-refractivity contribution in [1.82, 2.24) is 0 Å². The number of hydrogen-bond acceptors (Lipinski definition) is 3. The monoisotopic (exact) mass is 360 g/mol. The van der Waals surface area contributed by atoms with Gasteiger partial charge < -0.3 is 9.84 Å².